The minimum absolute atomic E-state index is 0.0595. The van der Waals surface area contributed by atoms with Crippen LogP contribution in [0.25, 0.3) is 0 Å². The molecular weight excluding hydrogens is 360 g/mol. The SMILES string of the molecule is NCCCCCC(N)NCc1cccc(CN)c1.O=C(O)CCCCC(=O)O. The van der Waals surface area contributed by atoms with Crippen molar-refractivity contribution in [1.82, 2.24) is 5.32 Å². The van der Waals surface area contributed by atoms with E-state index in [0.29, 0.717) is 19.4 Å². The summed E-state index contributed by atoms with van der Waals surface area (Å²) in [7, 11) is 0. The van der Waals surface area contributed by atoms with Gasteiger partial charge in [-0.1, -0.05) is 37.1 Å². The number of nitrogens with one attached hydrogen (secondary N) is 1. The second-order valence-electron chi connectivity index (χ2n) is 6.64. The van der Waals surface area contributed by atoms with Gasteiger partial charge in [0.2, 0.25) is 0 Å². The molecule has 0 aromatic heterocycles. The standard InChI is InChI=1S/C14H26N4.C6H10O4/c15-8-3-1-2-7-14(17)18-11-13-6-4-5-12(9-13)10-16;7-5(8)3-1-2-4-6(9)10/h4-6,9,14,18H,1-3,7-8,10-11,15-17H2;1-4H2,(H,7,8)(H,9,10). The molecule has 0 heterocycles. The molecule has 9 N–H and O–H groups in total. The molecule has 0 spiro atoms. The van der Waals surface area contributed by atoms with Crippen molar-refractivity contribution in [2.24, 2.45) is 17.2 Å². The molecule has 0 saturated heterocycles. The van der Waals surface area contributed by atoms with Crippen molar-refractivity contribution in [3.05, 3.63) is 35.4 Å². The predicted octanol–water partition coefficient (Wildman–Crippen LogP) is 1.75. The zero-order valence-corrected chi connectivity index (χ0v) is 16.6. The van der Waals surface area contributed by atoms with Gasteiger partial charge < -0.3 is 27.4 Å². The molecule has 8 heteroatoms. The van der Waals surface area contributed by atoms with E-state index < -0.39 is 11.9 Å². The van der Waals surface area contributed by atoms with Crippen molar-refractivity contribution >= 4 is 11.9 Å². The number of hydrogen-bond donors (Lipinski definition) is 6. The van der Waals surface area contributed by atoms with Crippen LogP contribution < -0.4 is 22.5 Å². The molecule has 1 rings (SSSR count). The van der Waals surface area contributed by atoms with Gasteiger partial charge in [0, 0.05) is 25.9 Å². The molecule has 0 aliphatic rings. The summed E-state index contributed by atoms with van der Waals surface area (Å²) in [5.74, 6) is -1.74. The molecule has 160 valence electrons. The van der Waals surface area contributed by atoms with Crippen molar-refractivity contribution in [1.29, 1.82) is 0 Å². The Morgan fingerprint density at radius 1 is 0.929 bits per heavy atom. The fraction of sp³-hybridized carbons (Fsp3) is 0.600. The van der Waals surface area contributed by atoms with Crippen molar-refractivity contribution in [2.75, 3.05) is 6.54 Å². The van der Waals surface area contributed by atoms with E-state index in [4.69, 9.17) is 27.4 Å². The van der Waals surface area contributed by atoms with Crippen LogP contribution in [0.4, 0.5) is 0 Å². The number of nitrogens with two attached hydrogens (primary N) is 3. The second kappa shape index (κ2) is 17.1. The van der Waals surface area contributed by atoms with Crippen LogP contribution in [0.1, 0.15) is 62.5 Å². The van der Waals surface area contributed by atoms with Gasteiger partial charge in [0.25, 0.3) is 0 Å². The molecule has 0 aliphatic carbocycles. The van der Waals surface area contributed by atoms with E-state index in [2.05, 4.69) is 17.4 Å². The number of carbonyl (C=O) groups is 2. The third-order valence-electron chi connectivity index (χ3n) is 4.05. The first-order valence-electron chi connectivity index (χ1n) is 9.79. The van der Waals surface area contributed by atoms with Crippen LogP contribution in [0.15, 0.2) is 24.3 Å². The van der Waals surface area contributed by atoms with Gasteiger partial charge in [-0.25, -0.2) is 0 Å². The van der Waals surface area contributed by atoms with E-state index in [1.54, 1.807) is 0 Å². The van der Waals surface area contributed by atoms with Crippen LogP contribution in [0.3, 0.4) is 0 Å². The summed E-state index contributed by atoms with van der Waals surface area (Å²) in [6, 6.07) is 8.28. The number of aliphatic carboxylic acids is 2. The van der Waals surface area contributed by atoms with Gasteiger partial charge in [-0.15, -0.1) is 0 Å². The first kappa shape index (κ1) is 26.0. The molecule has 0 fully saturated rings. The van der Waals surface area contributed by atoms with E-state index in [9.17, 15) is 9.59 Å². The van der Waals surface area contributed by atoms with Crippen molar-refractivity contribution in [3.8, 4) is 0 Å². The van der Waals surface area contributed by atoms with E-state index in [-0.39, 0.29) is 19.0 Å². The summed E-state index contributed by atoms with van der Waals surface area (Å²) in [6.45, 7) is 2.15. The fourth-order valence-corrected chi connectivity index (χ4v) is 2.46. The van der Waals surface area contributed by atoms with Crippen LogP contribution in [-0.4, -0.2) is 34.9 Å². The van der Waals surface area contributed by atoms with Crippen LogP contribution in [-0.2, 0) is 22.7 Å². The van der Waals surface area contributed by atoms with E-state index in [1.165, 1.54) is 5.56 Å². The molecule has 1 atom stereocenters. The highest BCUT2D eigenvalue weighted by Gasteiger charge is 2.02. The van der Waals surface area contributed by atoms with Crippen molar-refractivity contribution < 1.29 is 19.8 Å². The summed E-state index contributed by atoms with van der Waals surface area (Å²) in [5.41, 5.74) is 19.5. The number of carboxylic acids is 2. The lowest BCUT2D eigenvalue weighted by atomic mass is 10.1. The third kappa shape index (κ3) is 16.2. The Morgan fingerprint density at radius 2 is 1.54 bits per heavy atom. The maximum Gasteiger partial charge on any atom is 0.303 e. The monoisotopic (exact) mass is 396 g/mol. The molecule has 1 aromatic carbocycles. The number of rotatable bonds is 14. The maximum absolute atomic E-state index is 9.90. The van der Waals surface area contributed by atoms with Gasteiger partial charge in [-0.2, -0.15) is 0 Å². The Balaban J connectivity index is 0.000000621. The largest absolute Gasteiger partial charge is 0.481 e. The first-order valence-corrected chi connectivity index (χ1v) is 9.79. The summed E-state index contributed by atoms with van der Waals surface area (Å²) >= 11 is 0. The van der Waals surface area contributed by atoms with Gasteiger partial charge in [-0.3, -0.25) is 14.9 Å². The van der Waals surface area contributed by atoms with Crippen molar-refractivity contribution in [2.45, 2.75) is 70.6 Å². The summed E-state index contributed by atoms with van der Waals surface area (Å²) in [5, 5.41) is 19.6. The Morgan fingerprint density at radius 3 is 2.07 bits per heavy atom. The Bertz CT molecular complexity index is 539. The first-order chi connectivity index (χ1) is 13.4. The quantitative estimate of drug-likeness (QED) is 0.204. The van der Waals surface area contributed by atoms with E-state index >= 15 is 0 Å². The van der Waals surface area contributed by atoms with E-state index in [0.717, 1.165) is 44.3 Å². The van der Waals surface area contributed by atoms with Gasteiger partial charge in [-0.05, 0) is 43.4 Å². The normalized spacial score (nSPS) is 11.4. The number of carboxylic acid groups (broad SMARTS) is 2. The van der Waals surface area contributed by atoms with Crippen LogP contribution in [0.5, 0.6) is 0 Å². The summed E-state index contributed by atoms with van der Waals surface area (Å²) in [6.07, 6.45) is 5.46. The molecule has 0 aliphatic heterocycles. The van der Waals surface area contributed by atoms with Gasteiger partial charge >= 0.3 is 11.9 Å². The minimum Gasteiger partial charge on any atom is -0.481 e. The molecule has 1 unspecified atom stereocenters. The summed E-state index contributed by atoms with van der Waals surface area (Å²) in [4.78, 5) is 19.8. The van der Waals surface area contributed by atoms with Crippen LogP contribution >= 0.6 is 0 Å². The second-order valence-corrected chi connectivity index (χ2v) is 6.64. The van der Waals surface area contributed by atoms with Crippen LogP contribution in [0.2, 0.25) is 0 Å². The third-order valence-corrected chi connectivity index (χ3v) is 4.05. The fourth-order valence-electron chi connectivity index (χ4n) is 2.46. The average Bonchev–Trinajstić information content (AvgIpc) is 2.67. The molecule has 0 amide bonds. The smallest absolute Gasteiger partial charge is 0.303 e. The van der Waals surface area contributed by atoms with Crippen LogP contribution in [0, 0.1) is 0 Å². The lowest BCUT2D eigenvalue weighted by molar-refractivity contribution is -0.139. The highest BCUT2D eigenvalue weighted by atomic mass is 16.4. The lowest BCUT2D eigenvalue weighted by Crippen LogP contribution is -2.36. The summed E-state index contributed by atoms with van der Waals surface area (Å²) < 4.78 is 0. The average molecular weight is 397 g/mol. The lowest BCUT2D eigenvalue weighted by Gasteiger charge is -2.14. The highest BCUT2D eigenvalue weighted by molar-refractivity contribution is 5.67. The highest BCUT2D eigenvalue weighted by Crippen LogP contribution is 2.05. The number of benzene rings is 1. The molecule has 28 heavy (non-hydrogen) atoms. The van der Waals surface area contributed by atoms with Gasteiger partial charge in [0.15, 0.2) is 0 Å². The zero-order valence-electron chi connectivity index (χ0n) is 16.6. The molecule has 0 saturated carbocycles. The molecule has 8 nitrogen and oxygen atoms in total. The Labute approximate surface area is 167 Å². The Hall–Kier alpha value is -2.00. The molecule has 1 aromatic rings. The molecule has 0 radical (unpaired) electrons. The van der Waals surface area contributed by atoms with Gasteiger partial charge in [0.1, 0.15) is 0 Å². The van der Waals surface area contributed by atoms with Crippen molar-refractivity contribution in [3.63, 3.8) is 0 Å². The minimum atomic E-state index is -0.870. The molecular formula is C20H36N4O4. The Kier molecular flexibility index (Phi) is 15.9. The predicted molar refractivity (Wildman–Crippen MR) is 110 cm³/mol. The maximum atomic E-state index is 9.90. The van der Waals surface area contributed by atoms with E-state index in [1.807, 2.05) is 12.1 Å². The topological polar surface area (TPSA) is 165 Å². The zero-order chi connectivity index (χ0) is 21.2. The number of hydrogen-bond acceptors (Lipinski definition) is 6. The number of unbranched alkanes of at least 4 members (excludes halogenated alkanes) is 3. The van der Waals surface area contributed by atoms with Gasteiger partial charge in [0.05, 0.1) is 6.17 Å². The molecule has 0 bridgehead atoms.